The van der Waals surface area contributed by atoms with Crippen molar-refractivity contribution in [3.8, 4) is 0 Å². The molecule has 1 saturated heterocycles. The Balaban J connectivity index is 1.84. The molecule has 0 radical (unpaired) electrons. The molecule has 0 N–H and O–H groups in total. The van der Waals surface area contributed by atoms with E-state index in [4.69, 9.17) is 4.74 Å². The van der Waals surface area contributed by atoms with E-state index in [0.717, 1.165) is 18.8 Å². The SMILES string of the molecule is CCN(C(=O)c1ccnc(N2CCOCC2)n1)c1ccccc1. The molecule has 1 aromatic carbocycles. The van der Waals surface area contributed by atoms with Gasteiger partial charge in [-0.1, -0.05) is 18.2 Å². The molecule has 0 bridgehead atoms. The van der Waals surface area contributed by atoms with Gasteiger partial charge in [0.2, 0.25) is 5.95 Å². The Morgan fingerprint density at radius 2 is 1.96 bits per heavy atom. The monoisotopic (exact) mass is 312 g/mol. The van der Waals surface area contributed by atoms with Gasteiger partial charge in [0.25, 0.3) is 5.91 Å². The number of carbonyl (C=O) groups is 1. The van der Waals surface area contributed by atoms with Gasteiger partial charge in [-0.15, -0.1) is 0 Å². The lowest BCUT2D eigenvalue weighted by molar-refractivity contribution is 0.0983. The van der Waals surface area contributed by atoms with Gasteiger partial charge in [-0.25, -0.2) is 9.97 Å². The van der Waals surface area contributed by atoms with Crippen LogP contribution >= 0.6 is 0 Å². The fourth-order valence-corrected chi connectivity index (χ4v) is 2.57. The molecule has 2 aromatic rings. The summed E-state index contributed by atoms with van der Waals surface area (Å²) in [6.07, 6.45) is 1.64. The van der Waals surface area contributed by atoms with Crippen LogP contribution in [0.4, 0.5) is 11.6 Å². The first-order valence-corrected chi connectivity index (χ1v) is 7.82. The number of para-hydroxylation sites is 1. The van der Waals surface area contributed by atoms with Gasteiger partial charge in [0, 0.05) is 31.5 Å². The number of anilines is 2. The van der Waals surface area contributed by atoms with Crippen molar-refractivity contribution >= 4 is 17.5 Å². The zero-order chi connectivity index (χ0) is 16.1. The van der Waals surface area contributed by atoms with Crippen molar-refractivity contribution in [2.75, 3.05) is 42.6 Å². The molecule has 1 aromatic heterocycles. The van der Waals surface area contributed by atoms with Crippen molar-refractivity contribution in [3.05, 3.63) is 48.3 Å². The van der Waals surface area contributed by atoms with Crippen LogP contribution in [0.3, 0.4) is 0 Å². The molecule has 1 aliphatic heterocycles. The number of ether oxygens (including phenoxy) is 1. The normalized spacial score (nSPS) is 14.6. The maximum atomic E-state index is 12.8. The minimum absolute atomic E-state index is 0.115. The van der Waals surface area contributed by atoms with Gasteiger partial charge in [-0.05, 0) is 25.1 Å². The Hall–Kier alpha value is -2.47. The second kappa shape index (κ2) is 7.19. The molecule has 0 spiro atoms. The number of hydrogen-bond acceptors (Lipinski definition) is 5. The number of amides is 1. The van der Waals surface area contributed by atoms with Crippen LogP contribution in [0.15, 0.2) is 42.6 Å². The number of aromatic nitrogens is 2. The molecular weight excluding hydrogens is 292 g/mol. The van der Waals surface area contributed by atoms with E-state index in [1.54, 1.807) is 17.2 Å². The smallest absolute Gasteiger partial charge is 0.277 e. The third-order valence-corrected chi connectivity index (χ3v) is 3.79. The van der Waals surface area contributed by atoms with Gasteiger partial charge >= 0.3 is 0 Å². The number of rotatable bonds is 4. The van der Waals surface area contributed by atoms with E-state index in [1.807, 2.05) is 42.2 Å². The lowest BCUT2D eigenvalue weighted by Gasteiger charge is -2.27. The van der Waals surface area contributed by atoms with Gasteiger partial charge in [0.05, 0.1) is 13.2 Å². The first-order valence-electron chi connectivity index (χ1n) is 7.82. The number of hydrogen-bond donors (Lipinski definition) is 0. The highest BCUT2D eigenvalue weighted by molar-refractivity contribution is 6.04. The Labute approximate surface area is 135 Å². The lowest BCUT2D eigenvalue weighted by Crippen LogP contribution is -2.38. The van der Waals surface area contributed by atoms with Gasteiger partial charge in [-0.3, -0.25) is 4.79 Å². The van der Waals surface area contributed by atoms with Crippen LogP contribution in [0.1, 0.15) is 17.4 Å². The van der Waals surface area contributed by atoms with Crippen molar-refractivity contribution in [1.82, 2.24) is 9.97 Å². The molecule has 6 nitrogen and oxygen atoms in total. The summed E-state index contributed by atoms with van der Waals surface area (Å²) in [6, 6.07) is 11.3. The second-order valence-electron chi connectivity index (χ2n) is 5.23. The van der Waals surface area contributed by atoms with Crippen LogP contribution in [0, 0.1) is 0 Å². The van der Waals surface area contributed by atoms with Crippen LogP contribution < -0.4 is 9.80 Å². The molecule has 1 fully saturated rings. The standard InChI is InChI=1S/C17H20N4O2/c1-2-21(14-6-4-3-5-7-14)16(22)15-8-9-18-17(19-15)20-10-12-23-13-11-20/h3-9H,2,10-13H2,1H3. The topological polar surface area (TPSA) is 58.6 Å². The predicted molar refractivity (Wildman–Crippen MR) is 88.9 cm³/mol. The van der Waals surface area contributed by atoms with Crippen molar-refractivity contribution < 1.29 is 9.53 Å². The molecule has 2 heterocycles. The molecule has 23 heavy (non-hydrogen) atoms. The van der Waals surface area contributed by atoms with Crippen molar-refractivity contribution in [2.24, 2.45) is 0 Å². The van der Waals surface area contributed by atoms with Crippen molar-refractivity contribution in [2.45, 2.75) is 6.92 Å². The average molecular weight is 312 g/mol. The van der Waals surface area contributed by atoms with Crippen LogP contribution in [-0.4, -0.2) is 48.7 Å². The minimum Gasteiger partial charge on any atom is -0.378 e. The third kappa shape index (κ3) is 3.48. The van der Waals surface area contributed by atoms with E-state index < -0.39 is 0 Å². The summed E-state index contributed by atoms with van der Waals surface area (Å²) < 4.78 is 5.34. The molecule has 0 saturated carbocycles. The highest BCUT2D eigenvalue weighted by Crippen LogP contribution is 2.17. The molecule has 120 valence electrons. The molecule has 6 heteroatoms. The number of nitrogens with zero attached hydrogens (tertiary/aromatic N) is 4. The van der Waals surface area contributed by atoms with E-state index in [9.17, 15) is 4.79 Å². The van der Waals surface area contributed by atoms with Gasteiger partial charge < -0.3 is 14.5 Å². The van der Waals surface area contributed by atoms with Gasteiger partial charge in [-0.2, -0.15) is 0 Å². The summed E-state index contributed by atoms with van der Waals surface area (Å²) in [5.41, 5.74) is 1.28. The highest BCUT2D eigenvalue weighted by Gasteiger charge is 2.20. The molecule has 3 rings (SSSR count). The first-order chi connectivity index (χ1) is 11.3. The van der Waals surface area contributed by atoms with E-state index in [2.05, 4.69) is 9.97 Å². The molecule has 0 unspecified atom stereocenters. The number of morpholine rings is 1. The van der Waals surface area contributed by atoms with Crippen LogP contribution in [0.25, 0.3) is 0 Å². The molecule has 0 aliphatic carbocycles. The Bertz CT molecular complexity index is 657. The lowest BCUT2D eigenvalue weighted by atomic mass is 10.2. The molecule has 0 atom stereocenters. The number of benzene rings is 1. The number of carbonyl (C=O) groups excluding carboxylic acids is 1. The Kier molecular flexibility index (Phi) is 4.83. The van der Waals surface area contributed by atoms with Crippen molar-refractivity contribution in [1.29, 1.82) is 0 Å². The molecule has 1 amide bonds. The average Bonchev–Trinajstić information content (AvgIpc) is 2.64. The minimum atomic E-state index is -0.115. The quantitative estimate of drug-likeness (QED) is 0.864. The summed E-state index contributed by atoms with van der Waals surface area (Å²) >= 11 is 0. The summed E-state index contributed by atoms with van der Waals surface area (Å²) in [6.45, 7) is 5.34. The van der Waals surface area contributed by atoms with E-state index >= 15 is 0 Å². The van der Waals surface area contributed by atoms with Crippen LogP contribution in [0.5, 0.6) is 0 Å². The molecular formula is C17H20N4O2. The summed E-state index contributed by atoms with van der Waals surface area (Å²) in [4.78, 5) is 25.3. The van der Waals surface area contributed by atoms with Crippen LogP contribution in [-0.2, 0) is 4.74 Å². The third-order valence-electron chi connectivity index (χ3n) is 3.79. The Morgan fingerprint density at radius 3 is 2.65 bits per heavy atom. The Morgan fingerprint density at radius 1 is 1.22 bits per heavy atom. The second-order valence-corrected chi connectivity index (χ2v) is 5.23. The summed E-state index contributed by atoms with van der Waals surface area (Å²) in [5.74, 6) is 0.471. The predicted octanol–water partition coefficient (Wildman–Crippen LogP) is 1.98. The summed E-state index contributed by atoms with van der Waals surface area (Å²) in [5, 5.41) is 0. The van der Waals surface area contributed by atoms with E-state index in [1.165, 1.54) is 0 Å². The van der Waals surface area contributed by atoms with Gasteiger partial charge in [0.15, 0.2) is 0 Å². The van der Waals surface area contributed by atoms with E-state index in [0.29, 0.717) is 31.4 Å². The zero-order valence-electron chi connectivity index (χ0n) is 13.2. The van der Waals surface area contributed by atoms with Gasteiger partial charge in [0.1, 0.15) is 5.69 Å². The maximum absolute atomic E-state index is 12.8. The fraction of sp³-hybridized carbons (Fsp3) is 0.353. The van der Waals surface area contributed by atoms with Crippen molar-refractivity contribution in [3.63, 3.8) is 0 Å². The first kappa shape index (κ1) is 15.4. The zero-order valence-corrected chi connectivity index (χ0v) is 13.2. The maximum Gasteiger partial charge on any atom is 0.277 e. The fourth-order valence-electron chi connectivity index (χ4n) is 2.57. The largest absolute Gasteiger partial charge is 0.378 e. The van der Waals surface area contributed by atoms with Crippen LogP contribution in [0.2, 0.25) is 0 Å². The molecule has 1 aliphatic rings. The highest BCUT2D eigenvalue weighted by atomic mass is 16.5. The van der Waals surface area contributed by atoms with E-state index in [-0.39, 0.29) is 5.91 Å². The summed E-state index contributed by atoms with van der Waals surface area (Å²) in [7, 11) is 0.